The number of hydrogen-bond donors (Lipinski definition) is 1. The molecule has 0 amide bonds. The van der Waals surface area contributed by atoms with Crippen molar-refractivity contribution in [1.82, 2.24) is 20.4 Å². The molecule has 1 saturated heterocycles. The van der Waals surface area contributed by atoms with Gasteiger partial charge in [0, 0.05) is 43.7 Å². The summed E-state index contributed by atoms with van der Waals surface area (Å²) >= 11 is 5.92. The van der Waals surface area contributed by atoms with Crippen LogP contribution in [0.2, 0.25) is 5.02 Å². The van der Waals surface area contributed by atoms with E-state index in [2.05, 4.69) is 25.3 Å². The van der Waals surface area contributed by atoms with Crippen molar-refractivity contribution in [2.45, 2.75) is 38.5 Å². The first-order valence-electron chi connectivity index (χ1n) is 9.72. The normalized spacial score (nSPS) is 18.5. The molecule has 8 heteroatoms. The minimum atomic E-state index is 0. The number of benzene rings is 1. The average molecular weight is 516 g/mol. The molecule has 0 atom stereocenters. The SMILES string of the molecule is CN=C(NCCc1nc(-c2ccc(Cl)cc2)no1)N1CCC2(CCCC2)C1.I. The second kappa shape index (κ2) is 9.43. The fourth-order valence-corrected chi connectivity index (χ4v) is 4.46. The molecule has 152 valence electrons. The van der Waals surface area contributed by atoms with Crippen molar-refractivity contribution < 1.29 is 4.52 Å². The molecule has 0 unspecified atom stereocenters. The van der Waals surface area contributed by atoms with Crippen LogP contribution in [0.15, 0.2) is 33.8 Å². The summed E-state index contributed by atoms with van der Waals surface area (Å²) in [6, 6.07) is 7.43. The monoisotopic (exact) mass is 515 g/mol. The first-order chi connectivity index (χ1) is 13.2. The lowest BCUT2D eigenvalue weighted by Crippen LogP contribution is -2.41. The molecular weight excluding hydrogens is 489 g/mol. The van der Waals surface area contributed by atoms with Crippen LogP contribution < -0.4 is 5.32 Å². The fraction of sp³-hybridized carbons (Fsp3) is 0.550. The van der Waals surface area contributed by atoms with Gasteiger partial charge in [-0.15, -0.1) is 24.0 Å². The molecule has 0 bridgehead atoms. The lowest BCUT2D eigenvalue weighted by Gasteiger charge is -2.25. The quantitative estimate of drug-likeness (QED) is 0.372. The summed E-state index contributed by atoms with van der Waals surface area (Å²) < 4.78 is 5.38. The first kappa shape index (κ1) is 21.4. The number of nitrogens with zero attached hydrogens (tertiary/aromatic N) is 4. The summed E-state index contributed by atoms with van der Waals surface area (Å²) in [5.41, 5.74) is 1.44. The molecule has 1 N–H and O–H groups in total. The van der Waals surface area contributed by atoms with Gasteiger partial charge in [0.25, 0.3) is 0 Å². The summed E-state index contributed by atoms with van der Waals surface area (Å²) in [6.45, 7) is 2.95. The van der Waals surface area contributed by atoms with Crippen LogP contribution in [-0.4, -0.2) is 47.7 Å². The Bertz CT molecular complexity index is 801. The van der Waals surface area contributed by atoms with Crippen molar-refractivity contribution >= 4 is 41.5 Å². The van der Waals surface area contributed by atoms with Crippen molar-refractivity contribution in [3.63, 3.8) is 0 Å². The number of guanidine groups is 1. The molecule has 0 radical (unpaired) electrons. The zero-order chi connectivity index (χ0) is 18.7. The summed E-state index contributed by atoms with van der Waals surface area (Å²) in [5, 5.41) is 8.21. The van der Waals surface area contributed by atoms with Crippen LogP contribution in [0.3, 0.4) is 0 Å². The third-order valence-electron chi connectivity index (χ3n) is 5.81. The third kappa shape index (κ3) is 4.79. The Morgan fingerprint density at radius 2 is 2.00 bits per heavy atom. The van der Waals surface area contributed by atoms with Crippen LogP contribution >= 0.6 is 35.6 Å². The maximum absolute atomic E-state index is 5.92. The number of nitrogens with one attached hydrogen (secondary N) is 1. The minimum absolute atomic E-state index is 0. The summed E-state index contributed by atoms with van der Waals surface area (Å²) in [4.78, 5) is 11.3. The van der Waals surface area contributed by atoms with Gasteiger partial charge in [-0.05, 0) is 48.9 Å². The molecule has 1 aromatic carbocycles. The maximum Gasteiger partial charge on any atom is 0.228 e. The standard InChI is InChI=1S/C20H26ClN5O.HI/c1-22-19(26-13-11-20(14-26)9-2-3-10-20)23-12-8-17-24-18(25-27-17)15-4-6-16(21)7-5-15;/h4-7H,2-3,8-14H2,1H3,(H,22,23);1H. The van der Waals surface area contributed by atoms with Gasteiger partial charge in [0.1, 0.15) is 0 Å². The van der Waals surface area contributed by atoms with Crippen LogP contribution in [0.25, 0.3) is 11.4 Å². The Balaban J connectivity index is 0.00000225. The number of halogens is 2. The van der Waals surface area contributed by atoms with Gasteiger partial charge < -0.3 is 14.7 Å². The molecule has 6 nitrogen and oxygen atoms in total. The smallest absolute Gasteiger partial charge is 0.228 e. The van der Waals surface area contributed by atoms with E-state index in [0.29, 0.717) is 28.6 Å². The Hall–Kier alpha value is -1.35. The number of rotatable bonds is 4. The molecule has 2 aromatic rings. The Morgan fingerprint density at radius 3 is 2.71 bits per heavy atom. The highest BCUT2D eigenvalue weighted by atomic mass is 127. The van der Waals surface area contributed by atoms with Crippen molar-refractivity contribution in [2.24, 2.45) is 10.4 Å². The van der Waals surface area contributed by atoms with Gasteiger partial charge >= 0.3 is 0 Å². The molecule has 1 aliphatic carbocycles. The van der Waals surface area contributed by atoms with E-state index in [9.17, 15) is 0 Å². The van der Waals surface area contributed by atoms with Crippen LogP contribution in [0, 0.1) is 5.41 Å². The van der Waals surface area contributed by atoms with Crippen LogP contribution in [-0.2, 0) is 6.42 Å². The first-order valence-corrected chi connectivity index (χ1v) is 10.1. The largest absolute Gasteiger partial charge is 0.356 e. The van der Waals surface area contributed by atoms with Gasteiger partial charge in [-0.3, -0.25) is 4.99 Å². The van der Waals surface area contributed by atoms with E-state index < -0.39 is 0 Å². The van der Waals surface area contributed by atoms with Crippen molar-refractivity contribution in [3.05, 3.63) is 35.2 Å². The molecule has 2 aliphatic rings. The Morgan fingerprint density at radius 1 is 1.25 bits per heavy atom. The second-order valence-corrected chi connectivity index (χ2v) is 8.06. The molecule has 2 heterocycles. The molecule has 1 spiro atoms. The van der Waals surface area contributed by atoms with Gasteiger partial charge in [-0.1, -0.05) is 29.6 Å². The van der Waals surface area contributed by atoms with E-state index >= 15 is 0 Å². The van der Waals surface area contributed by atoms with E-state index in [-0.39, 0.29) is 24.0 Å². The van der Waals surface area contributed by atoms with Gasteiger partial charge in [0.05, 0.1) is 0 Å². The number of aliphatic imine (C=N–C) groups is 1. The third-order valence-corrected chi connectivity index (χ3v) is 6.06. The lowest BCUT2D eigenvalue weighted by molar-refractivity contribution is 0.309. The molecule has 28 heavy (non-hydrogen) atoms. The molecule has 1 saturated carbocycles. The van der Waals surface area contributed by atoms with Crippen LogP contribution in [0.1, 0.15) is 38.0 Å². The summed E-state index contributed by atoms with van der Waals surface area (Å²) in [5.74, 6) is 2.20. The molecule has 1 aromatic heterocycles. The number of aromatic nitrogens is 2. The molecule has 2 fully saturated rings. The highest BCUT2D eigenvalue weighted by molar-refractivity contribution is 14.0. The van der Waals surface area contributed by atoms with Crippen molar-refractivity contribution in [3.8, 4) is 11.4 Å². The predicted molar refractivity (Wildman–Crippen MR) is 122 cm³/mol. The van der Waals surface area contributed by atoms with Crippen molar-refractivity contribution in [1.29, 1.82) is 0 Å². The van der Waals surface area contributed by atoms with E-state index in [0.717, 1.165) is 31.2 Å². The second-order valence-electron chi connectivity index (χ2n) is 7.62. The van der Waals surface area contributed by atoms with Gasteiger partial charge in [-0.25, -0.2) is 0 Å². The number of hydrogen-bond acceptors (Lipinski definition) is 4. The molecule has 4 rings (SSSR count). The van der Waals surface area contributed by atoms with E-state index in [1.54, 1.807) is 0 Å². The Kier molecular flexibility index (Phi) is 7.20. The van der Waals surface area contributed by atoms with Gasteiger partial charge in [0.2, 0.25) is 11.7 Å². The lowest BCUT2D eigenvalue weighted by atomic mass is 9.86. The minimum Gasteiger partial charge on any atom is -0.356 e. The average Bonchev–Trinajstić information content (AvgIpc) is 3.42. The van der Waals surface area contributed by atoms with Crippen LogP contribution in [0.4, 0.5) is 0 Å². The molecule has 1 aliphatic heterocycles. The summed E-state index contributed by atoms with van der Waals surface area (Å²) in [7, 11) is 1.85. The van der Waals surface area contributed by atoms with E-state index in [1.807, 2.05) is 31.3 Å². The highest BCUT2D eigenvalue weighted by Gasteiger charge is 2.41. The maximum atomic E-state index is 5.92. The Labute approximate surface area is 188 Å². The predicted octanol–water partition coefficient (Wildman–Crippen LogP) is 4.39. The topological polar surface area (TPSA) is 66.5 Å². The van der Waals surface area contributed by atoms with E-state index in [1.165, 1.54) is 32.1 Å². The fourth-order valence-electron chi connectivity index (χ4n) is 4.34. The van der Waals surface area contributed by atoms with Gasteiger partial charge in [0.15, 0.2) is 5.96 Å². The highest BCUT2D eigenvalue weighted by Crippen LogP contribution is 2.45. The van der Waals surface area contributed by atoms with Crippen molar-refractivity contribution in [2.75, 3.05) is 26.7 Å². The zero-order valence-electron chi connectivity index (χ0n) is 16.2. The number of likely N-dealkylation sites (tertiary alicyclic amines) is 1. The van der Waals surface area contributed by atoms with Crippen LogP contribution in [0.5, 0.6) is 0 Å². The zero-order valence-corrected chi connectivity index (χ0v) is 19.2. The van der Waals surface area contributed by atoms with Gasteiger partial charge in [-0.2, -0.15) is 4.98 Å². The van der Waals surface area contributed by atoms with E-state index in [4.69, 9.17) is 16.1 Å². The molecular formula is C20H27ClIN5O. The summed E-state index contributed by atoms with van der Waals surface area (Å²) in [6.07, 6.45) is 7.46.